The third-order valence-corrected chi connectivity index (χ3v) is 7.54. The molecule has 1 aliphatic rings. The molecule has 0 aliphatic carbocycles. The van der Waals surface area contributed by atoms with Crippen molar-refractivity contribution < 1.29 is 17.6 Å². The van der Waals surface area contributed by atoms with Gasteiger partial charge < -0.3 is 15.6 Å². The molecule has 1 fully saturated rings. The second kappa shape index (κ2) is 9.44. The molecule has 12 heteroatoms. The van der Waals surface area contributed by atoms with Crippen LogP contribution in [0.15, 0.2) is 55.0 Å². The predicted octanol–water partition coefficient (Wildman–Crippen LogP) is 5.45. The van der Waals surface area contributed by atoms with Gasteiger partial charge in [-0.2, -0.15) is 5.10 Å². The Hall–Kier alpha value is -4.71. The third-order valence-electron chi connectivity index (χ3n) is 7.54. The second-order valence-electron chi connectivity index (χ2n) is 10.3. The van der Waals surface area contributed by atoms with Crippen molar-refractivity contribution in [1.29, 1.82) is 0 Å². The highest BCUT2D eigenvalue weighted by Gasteiger charge is 2.28. The zero-order valence-electron chi connectivity index (χ0n) is 21.9. The Bertz CT molecular complexity index is 1890. The Kier molecular flexibility index (Phi) is 5.82. The van der Waals surface area contributed by atoms with Gasteiger partial charge in [-0.05, 0) is 30.5 Å². The van der Waals surface area contributed by atoms with Crippen LogP contribution in [0.5, 0.6) is 0 Å². The fourth-order valence-electron chi connectivity index (χ4n) is 5.57. The maximum atomic E-state index is 14.4. The van der Waals surface area contributed by atoms with Gasteiger partial charge in [0.1, 0.15) is 23.1 Å². The Morgan fingerprint density at radius 3 is 2.39 bits per heavy atom. The number of fused-ring (bicyclic) bond motifs is 2. The molecule has 0 saturated carbocycles. The molecule has 4 aromatic heterocycles. The number of aromatic nitrogens is 6. The van der Waals surface area contributed by atoms with E-state index in [1.165, 1.54) is 12.1 Å². The lowest BCUT2D eigenvalue weighted by atomic mass is 9.98. The number of piperidine rings is 1. The first-order valence-corrected chi connectivity index (χ1v) is 13.1. The van der Waals surface area contributed by atoms with Gasteiger partial charge in [0.25, 0.3) is 0 Å². The minimum Gasteiger partial charge on any atom is -0.370 e. The van der Waals surface area contributed by atoms with Gasteiger partial charge in [-0.1, -0.05) is 0 Å². The van der Waals surface area contributed by atoms with Crippen molar-refractivity contribution >= 4 is 27.8 Å². The zero-order chi connectivity index (χ0) is 28.4. The molecule has 6 aromatic rings. The highest BCUT2D eigenvalue weighted by Crippen LogP contribution is 2.44. The van der Waals surface area contributed by atoms with Crippen molar-refractivity contribution in [2.75, 3.05) is 18.0 Å². The van der Waals surface area contributed by atoms with Gasteiger partial charge in [0.2, 0.25) is 0 Å². The van der Waals surface area contributed by atoms with E-state index in [1.807, 2.05) is 6.07 Å². The van der Waals surface area contributed by atoms with E-state index in [4.69, 9.17) is 10.7 Å². The maximum absolute atomic E-state index is 14.4. The number of aryl methyl sites for hydroxylation is 1. The van der Waals surface area contributed by atoms with Crippen LogP contribution in [0.3, 0.4) is 0 Å². The average molecular weight is 561 g/mol. The summed E-state index contributed by atoms with van der Waals surface area (Å²) in [7, 11) is 1.80. The molecule has 1 saturated heterocycles. The molecule has 3 N–H and O–H groups in total. The van der Waals surface area contributed by atoms with Gasteiger partial charge in [-0.15, -0.1) is 0 Å². The molecule has 0 spiro atoms. The van der Waals surface area contributed by atoms with E-state index in [0.29, 0.717) is 63.7 Å². The first kappa shape index (κ1) is 25.3. The van der Waals surface area contributed by atoms with E-state index in [2.05, 4.69) is 20.0 Å². The van der Waals surface area contributed by atoms with Crippen LogP contribution in [0.1, 0.15) is 12.8 Å². The van der Waals surface area contributed by atoms with E-state index in [-0.39, 0.29) is 11.6 Å². The first-order valence-electron chi connectivity index (χ1n) is 13.1. The summed E-state index contributed by atoms with van der Waals surface area (Å²) < 4.78 is 60.4. The molecular formula is C29H24F4N8. The van der Waals surface area contributed by atoms with Crippen LogP contribution in [0.4, 0.5) is 23.2 Å². The number of hydrogen-bond donors (Lipinski definition) is 2. The summed E-state index contributed by atoms with van der Waals surface area (Å²) in [4.78, 5) is 14.6. The number of halogens is 4. The van der Waals surface area contributed by atoms with E-state index < -0.39 is 23.3 Å². The molecule has 0 unspecified atom stereocenters. The third kappa shape index (κ3) is 4.31. The van der Waals surface area contributed by atoms with E-state index in [1.54, 1.807) is 34.9 Å². The summed E-state index contributed by atoms with van der Waals surface area (Å²) in [6, 6.07) is 7.32. The molecule has 208 valence electrons. The Morgan fingerprint density at radius 2 is 1.68 bits per heavy atom. The van der Waals surface area contributed by atoms with Gasteiger partial charge in [0, 0.05) is 80.2 Å². The van der Waals surface area contributed by atoms with Gasteiger partial charge >= 0.3 is 0 Å². The quantitative estimate of drug-likeness (QED) is 0.280. The van der Waals surface area contributed by atoms with E-state index in [9.17, 15) is 17.6 Å². The molecule has 8 nitrogen and oxygen atoms in total. The molecule has 0 radical (unpaired) electrons. The lowest BCUT2D eigenvalue weighted by Crippen LogP contribution is -2.40. The summed E-state index contributed by atoms with van der Waals surface area (Å²) in [5.41, 5.74) is 9.46. The fraction of sp³-hybridized carbons (Fsp3) is 0.207. The zero-order valence-corrected chi connectivity index (χ0v) is 21.9. The van der Waals surface area contributed by atoms with Crippen molar-refractivity contribution in [3.05, 3.63) is 78.3 Å². The summed E-state index contributed by atoms with van der Waals surface area (Å²) >= 11 is 0. The smallest absolute Gasteiger partial charge is 0.161 e. The topological polar surface area (TPSA) is 93.6 Å². The van der Waals surface area contributed by atoms with Crippen LogP contribution in [-0.4, -0.2) is 48.4 Å². The summed E-state index contributed by atoms with van der Waals surface area (Å²) in [5.74, 6) is -2.48. The number of aromatic amines is 1. The number of H-pyrrole nitrogens is 1. The molecule has 0 amide bonds. The Labute approximate surface area is 231 Å². The highest BCUT2D eigenvalue weighted by atomic mass is 19.2. The highest BCUT2D eigenvalue weighted by molar-refractivity contribution is 6.08. The molecule has 1 aliphatic heterocycles. The molecule has 5 heterocycles. The van der Waals surface area contributed by atoms with Crippen LogP contribution in [0, 0.1) is 23.3 Å². The lowest BCUT2D eigenvalue weighted by molar-refractivity contribution is 0.502. The number of nitrogens with two attached hydrogens (primary N) is 1. The number of rotatable bonds is 4. The predicted molar refractivity (Wildman–Crippen MR) is 148 cm³/mol. The lowest BCUT2D eigenvalue weighted by Gasteiger charge is -2.34. The number of anilines is 1. The maximum Gasteiger partial charge on any atom is 0.161 e. The number of nitrogens with zero attached hydrogens (tertiary/aromatic N) is 6. The van der Waals surface area contributed by atoms with Gasteiger partial charge in [0.15, 0.2) is 17.5 Å². The number of pyridine rings is 1. The fourth-order valence-corrected chi connectivity index (χ4v) is 5.57. The SMILES string of the molecule is Cn1ccc(-n2cc(-c3nc4cc(F)c(F)cc4[nH]3)c3c(N4CCC(N)CC4)c(-c4cc(F)cc(F)c4)cnc32)n1. The average Bonchev–Trinajstić information content (AvgIpc) is 3.65. The van der Waals surface area contributed by atoms with Crippen LogP contribution in [-0.2, 0) is 7.05 Å². The Morgan fingerprint density at radius 1 is 0.951 bits per heavy atom. The molecule has 0 atom stereocenters. The molecule has 41 heavy (non-hydrogen) atoms. The van der Waals surface area contributed by atoms with Crippen LogP contribution in [0.2, 0.25) is 0 Å². The minimum atomic E-state index is -1.01. The number of hydrogen-bond acceptors (Lipinski definition) is 5. The van der Waals surface area contributed by atoms with Crippen molar-refractivity contribution in [2.24, 2.45) is 12.8 Å². The van der Waals surface area contributed by atoms with Crippen molar-refractivity contribution in [3.63, 3.8) is 0 Å². The summed E-state index contributed by atoms with van der Waals surface area (Å²) in [6.45, 7) is 1.21. The first-order chi connectivity index (χ1) is 19.7. The van der Waals surface area contributed by atoms with Gasteiger partial charge in [0.05, 0.1) is 22.1 Å². The number of benzene rings is 2. The largest absolute Gasteiger partial charge is 0.370 e. The summed E-state index contributed by atoms with van der Waals surface area (Å²) in [5, 5.41) is 5.19. The molecule has 7 rings (SSSR count). The monoisotopic (exact) mass is 560 g/mol. The Balaban J connectivity index is 1.57. The van der Waals surface area contributed by atoms with E-state index in [0.717, 1.165) is 31.0 Å². The molecule has 2 aromatic carbocycles. The van der Waals surface area contributed by atoms with Crippen LogP contribution >= 0.6 is 0 Å². The van der Waals surface area contributed by atoms with Crippen molar-refractivity contribution in [1.82, 2.24) is 29.3 Å². The van der Waals surface area contributed by atoms with Crippen molar-refractivity contribution in [2.45, 2.75) is 18.9 Å². The minimum absolute atomic E-state index is 0.0383. The number of imidazole rings is 1. The van der Waals surface area contributed by atoms with Crippen LogP contribution < -0.4 is 10.6 Å². The molecule has 0 bridgehead atoms. The van der Waals surface area contributed by atoms with Crippen LogP contribution in [0.25, 0.3) is 50.4 Å². The second-order valence-corrected chi connectivity index (χ2v) is 10.3. The normalized spacial score (nSPS) is 14.5. The van der Waals surface area contributed by atoms with Gasteiger partial charge in [-0.25, -0.2) is 27.5 Å². The van der Waals surface area contributed by atoms with Crippen molar-refractivity contribution in [3.8, 4) is 28.3 Å². The van der Waals surface area contributed by atoms with Gasteiger partial charge in [-0.3, -0.25) is 9.25 Å². The standard InChI is InChI=1S/C29H24F4N8/c1-39-5-4-25(38-39)41-14-20(28-36-23-11-21(32)22(33)12-24(23)37-28)26-27(40-6-2-18(34)3-7-40)19(13-35-29(26)41)15-8-16(30)10-17(31)9-15/h4-5,8-14,18H,2-3,6-7,34H2,1H3,(H,36,37). The number of nitrogens with one attached hydrogen (secondary N) is 1. The van der Waals surface area contributed by atoms with E-state index >= 15 is 0 Å². The molecular weight excluding hydrogens is 536 g/mol. The summed E-state index contributed by atoms with van der Waals surface area (Å²) in [6.07, 6.45) is 6.65.